The van der Waals surface area contributed by atoms with Crippen LogP contribution in [0.4, 0.5) is 0 Å². The van der Waals surface area contributed by atoms with Gasteiger partial charge in [0.1, 0.15) is 5.60 Å². The summed E-state index contributed by atoms with van der Waals surface area (Å²) in [5, 5.41) is 19.6. The van der Waals surface area contributed by atoms with E-state index in [-0.39, 0.29) is 23.7 Å². The summed E-state index contributed by atoms with van der Waals surface area (Å²) in [5.74, 6) is 2.18. The minimum Gasteiger partial charge on any atom is -0.380 e. The number of nitrogens with zero attached hydrogens (tertiary/aromatic N) is 3. The average molecular weight is 402 g/mol. The Bertz CT molecular complexity index is 667. The lowest BCUT2D eigenvalue weighted by Gasteiger charge is -2.41. The quantitative estimate of drug-likeness (QED) is 0.788. The summed E-state index contributed by atoms with van der Waals surface area (Å²) >= 11 is 0. The van der Waals surface area contributed by atoms with Gasteiger partial charge in [-0.1, -0.05) is 13.3 Å². The van der Waals surface area contributed by atoms with Crippen LogP contribution in [0.2, 0.25) is 0 Å². The van der Waals surface area contributed by atoms with Crippen LogP contribution in [-0.2, 0) is 9.59 Å². The van der Waals surface area contributed by atoms with Gasteiger partial charge in [0.05, 0.1) is 6.07 Å². The second-order valence-corrected chi connectivity index (χ2v) is 10.1. The normalized spacial score (nSPS) is 36.9. The van der Waals surface area contributed by atoms with Crippen molar-refractivity contribution in [2.45, 2.75) is 70.3 Å². The number of piperazine rings is 1. The molecule has 0 aromatic carbocycles. The fourth-order valence-electron chi connectivity index (χ4n) is 5.93. The molecule has 6 nitrogen and oxygen atoms in total. The predicted octanol–water partition coefficient (Wildman–Crippen LogP) is 2.56. The molecule has 0 bridgehead atoms. The number of hydrogen-bond acceptors (Lipinski definition) is 4. The molecular formula is C23H35N3O3. The van der Waals surface area contributed by atoms with Crippen molar-refractivity contribution in [3.05, 3.63) is 0 Å². The molecule has 1 heterocycles. The van der Waals surface area contributed by atoms with Crippen LogP contribution >= 0.6 is 0 Å². The lowest BCUT2D eigenvalue weighted by molar-refractivity contribution is -0.148. The van der Waals surface area contributed by atoms with E-state index in [2.05, 4.69) is 13.0 Å². The minimum atomic E-state index is -1.11. The summed E-state index contributed by atoms with van der Waals surface area (Å²) in [6.45, 7) is 4.49. The lowest BCUT2D eigenvalue weighted by atomic mass is 9.65. The van der Waals surface area contributed by atoms with Gasteiger partial charge in [-0.05, 0) is 69.1 Å². The molecular weight excluding hydrogens is 366 g/mol. The summed E-state index contributed by atoms with van der Waals surface area (Å²) in [4.78, 5) is 28.9. The third-order valence-electron chi connectivity index (χ3n) is 8.06. The summed E-state index contributed by atoms with van der Waals surface area (Å²) in [5.41, 5.74) is -1.11. The molecule has 1 N–H and O–H groups in total. The largest absolute Gasteiger partial charge is 0.380 e. The first-order valence-corrected chi connectivity index (χ1v) is 11.6. The lowest BCUT2D eigenvalue weighted by Crippen LogP contribution is -2.54. The summed E-state index contributed by atoms with van der Waals surface area (Å²) < 4.78 is 0. The molecule has 6 heteroatoms. The zero-order valence-corrected chi connectivity index (χ0v) is 17.7. The first kappa shape index (κ1) is 20.7. The van der Waals surface area contributed by atoms with Crippen molar-refractivity contribution in [2.75, 3.05) is 26.2 Å². The Morgan fingerprint density at radius 1 is 0.966 bits per heavy atom. The van der Waals surface area contributed by atoms with Crippen LogP contribution in [0.1, 0.15) is 64.7 Å². The molecule has 2 amide bonds. The second-order valence-electron chi connectivity index (χ2n) is 10.1. The van der Waals surface area contributed by atoms with E-state index in [1.807, 2.05) is 4.90 Å². The third-order valence-corrected chi connectivity index (χ3v) is 8.06. The van der Waals surface area contributed by atoms with Gasteiger partial charge in [0.15, 0.2) is 0 Å². The highest BCUT2D eigenvalue weighted by Crippen LogP contribution is 2.44. The first-order chi connectivity index (χ1) is 13.9. The van der Waals surface area contributed by atoms with Gasteiger partial charge < -0.3 is 14.9 Å². The van der Waals surface area contributed by atoms with E-state index < -0.39 is 5.60 Å². The molecule has 3 aliphatic carbocycles. The molecule has 4 rings (SSSR count). The molecule has 4 fully saturated rings. The molecule has 0 spiro atoms. The number of aliphatic hydroxyl groups is 1. The number of carbonyl (C=O) groups is 2. The Hall–Kier alpha value is -1.61. The van der Waals surface area contributed by atoms with E-state index >= 15 is 0 Å². The molecule has 0 aromatic rings. The molecule has 0 aromatic heterocycles. The topological polar surface area (TPSA) is 84.6 Å². The first-order valence-electron chi connectivity index (χ1n) is 11.6. The maximum atomic E-state index is 13.0. The smallest absolute Gasteiger partial charge is 0.254 e. The molecule has 160 valence electrons. The summed E-state index contributed by atoms with van der Waals surface area (Å²) in [6.07, 6.45) is 8.60. The highest BCUT2D eigenvalue weighted by atomic mass is 16.3. The van der Waals surface area contributed by atoms with Gasteiger partial charge in [-0.2, -0.15) is 5.26 Å². The van der Waals surface area contributed by atoms with E-state index in [1.54, 1.807) is 4.90 Å². The van der Waals surface area contributed by atoms with Crippen LogP contribution in [0.5, 0.6) is 0 Å². The molecule has 4 aliphatic rings. The molecule has 29 heavy (non-hydrogen) atoms. The van der Waals surface area contributed by atoms with Gasteiger partial charge >= 0.3 is 0 Å². The number of hydrogen-bond donors (Lipinski definition) is 1. The van der Waals surface area contributed by atoms with Crippen LogP contribution in [-0.4, -0.2) is 58.5 Å². The SMILES string of the molecule is CC1CCC(C2CCC(C(=O)N3CCN(C(=O)C4(O)CC4)CC3)CC2)C(C#N)C1. The van der Waals surface area contributed by atoms with Crippen molar-refractivity contribution >= 4 is 11.8 Å². The Morgan fingerprint density at radius 3 is 2.17 bits per heavy atom. The number of amides is 2. The maximum absolute atomic E-state index is 13.0. The highest BCUT2D eigenvalue weighted by molar-refractivity contribution is 5.88. The molecule has 3 saturated carbocycles. The van der Waals surface area contributed by atoms with E-state index in [4.69, 9.17) is 0 Å². The van der Waals surface area contributed by atoms with Crippen LogP contribution in [0.3, 0.4) is 0 Å². The van der Waals surface area contributed by atoms with Crippen LogP contribution in [0.25, 0.3) is 0 Å². The zero-order valence-electron chi connectivity index (χ0n) is 17.7. The maximum Gasteiger partial charge on any atom is 0.254 e. The fourth-order valence-corrected chi connectivity index (χ4v) is 5.93. The van der Waals surface area contributed by atoms with Crippen LogP contribution in [0.15, 0.2) is 0 Å². The third kappa shape index (κ3) is 4.30. The van der Waals surface area contributed by atoms with E-state index in [1.165, 1.54) is 12.8 Å². The van der Waals surface area contributed by atoms with Crippen molar-refractivity contribution in [3.8, 4) is 6.07 Å². The number of carbonyl (C=O) groups excluding carboxylic acids is 2. The Morgan fingerprint density at radius 2 is 1.59 bits per heavy atom. The van der Waals surface area contributed by atoms with E-state index in [0.29, 0.717) is 56.8 Å². The summed E-state index contributed by atoms with van der Waals surface area (Å²) in [7, 11) is 0. The van der Waals surface area contributed by atoms with Crippen molar-refractivity contribution in [3.63, 3.8) is 0 Å². The van der Waals surface area contributed by atoms with Gasteiger partial charge in [0.2, 0.25) is 5.91 Å². The number of nitriles is 1. The average Bonchev–Trinajstić information content (AvgIpc) is 3.51. The van der Waals surface area contributed by atoms with Gasteiger partial charge in [-0.15, -0.1) is 0 Å². The van der Waals surface area contributed by atoms with E-state index in [0.717, 1.165) is 32.1 Å². The van der Waals surface area contributed by atoms with Crippen LogP contribution in [0, 0.1) is 40.9 Å². The van der Waals surface area contributed by atoms with E-state index in [9.17, 15) is 20.0 Å². The molecule has 3 atom stereocenters. The number of rotatable bonds is 3. The monoisotopic (exact) mass is 401 g/mol. The zero-order chi connectivity index (χ0) is 20.6. The predicted molar refractivity (Wildman–Crippen MR) is 108 cm³/mol. The standard InChI is InChI=1S/C23H35N3O3/c1-16-2-7-20(19(14-16)15-24)17-3-5-18(6-4-17)21(27)25-10-12-26(13-11-25)22(28)23(29)8-9-23/h16-20,29H,2-14H2,1H3. The van der Waals surface area contributed by atoms with Crippen molar-refractivity contribution in [1.82, 2.24) is 9.80 Å². The molecule has 3 unspecified atom stereocenters. The molecule has 1 saturated heterocycles. The summed E-state index contributed by atoms with van der Waals surface area (Å²) in [6, 6.07) is 2.57. The van der Waals surface area contributed by atoms with Crippen molar-refractivity contribution in [1.29, 1.82) is 5.26 Å². The van der Waals surface area contributed by atoms with Gasteiger partial charge in [-0.25, -0.2) is 0 Å². The Balaban J connectivity index is 1.24. The molecule has 1 aliphatic heterocycles. The fraction of sp³-hybridized carbons (Fsp3) is 0.870. The van der Waals surface area contributed by atoms with Gasteiger partial charge in [0.25, 0.3) is 5.91 Å². The highest BCUT2D eigenvalue weighted by Gasteiger charge is 2.50. The second kappa shape index (κ2) is 8.26. The van der Waals surface area contributed by atoms with Crippen molar-refractivity contribution in [2.24, 2.45) is 29.6 Å². The van der Waals surface area contributed by atoms with Gasteiger partial charge in [0, 0.05) is 38.0 Å². The van der Waals surface area contributed by atoms with Crippen LogP contribution < -0.4 is 0 Å². The van der Waals surface area contributed by atoms with Gasteiger partial charge in [-0.3, -0.25) is 9.59 Å². The Labute approximate surface area is 174 Å². The Kier molecular flexibility index (Phi) is 5.88. The minimum absolute atomic E-state index is 0.101. The van der Waals surface area contributed by atoms with Crippen molar-refractivity contribution < 1.29 is 14.7 Å². The molecule has 0 radical (unpaired) electrons.